The van der Waals surface area contributed by atoms with E-state index in [1.807, 2.05) is 31.2 Å². The summed E-state index contributed by atoms with van der Waals surface area (Å²) in [6.07, 6.45) is 3.07. The third-order valence-corrected chi connectivity index (χ3v) is 2.96. The Morgan fingerprint density at radius 2 is 2.06 bits per heavy atom. The fraction of sp³-hybridized carbons (Fsp3) is 0.167. The second kappa shape index (κ2) is 5.14. The molecular weight excluding hydrogens is 282 g/mol. The van der Waals surface area contributed by atoms with Crippen LogP contribution in [-0.2, 0) is 0 Å². The van der Waals surface area contributed by atoms with Crippen molar-refractivity contribution in [2.45, 2.75) is 13.0 Å². The number of nitrogens with zero attached hydrogens (tertiary/aromatic N) is 1. The number of aromatic amines is 1. The lowest BCUT2D eigenvalue weighted by Gasteiger charge is -2.14. The number of hydrogen-bond acceptors (Lipinski definition) is 3. The molecule has 0 amide bonds. The molecule has 0 aliphatic heterocycles. The molecule has 0 radical (unpaired) electrons. The van der Waals surface area contributed by atoms with E-state index in [1.165, 1.54) is 6.20 Å². The van der Waals surface area contributed by atoms with Gasteiger partial charge in [-0.1, -0.05) is 28.1 Å². The van der Waals surface area contributed by atoms with Crippen molar-refractivity contribution in [3.05, 3.63) is 57.0 Å². The van der Waals surface area contributed by atoms with Crippen LogP contribution in [0.4, 0.5) is 5.82 Å². The molecule has 0 spiro atoms. The summed E-state index contributed by atoms with van der Waals surface area (Å²) in [7, 11) is 0. The quantitative estimate of drug-likeness (QED) is 0.915. The van der Waals surface area contributed by atoms with E-state index in [0.717, 1.165) is 10.0 Å². The highest BCUT2D eigenvalue weighted by molar-refractivity contribution is 9.10. The van der Waals surface area contributed by atoms with E-state index in [0.29, 0.717) is 5.82 Å². The van der Waals surface area contributed by atoms with Gasteiger partial charge in [-0.05, 0) is 24.6 Å². The van der Waals surface area contributed by atoms with E-state index in [9.17, 15) is 4.79 Å². The number of benzene rings is 1. The van der Waals surface area contributed by atoms with Crippen LogP contribution in [0.25, 0.3) is 0 Å². The molecule has 4 nitrogen and oxygen atoms in total. The normalized spacial score (nSPS) is 12.1. The molecular formula is C12H12BrN3O. The number of halogens is 1. The second-order valence-corrected chi connectivity index (χ2v) is 4.60. The first-order valence-corrected chi connectivity index (χ1v) is 6.02. The van der Waals surface area contributed by atoms with E-state index in [1.54, 1.807) is 6.20 Å². The lowest BCUT2D eigenvalue weighted by Crippen LogP contribution is -2.17. The molecule has 0 saturated heterocycles. The Morgan fingerprint density at radius 3 is 2.71 bits per heavy atom. The molecule has 17 heavy (non-hydrogen) atoms. The Bertz CT molecular complexity index is 550. The van der Waals surface area contributed by atoms with Crippen LogP contribution in [0, 0.1) is 0 Å². The van der Waals surface area contributed by atoms with Gasteiger partial charge in [0.25, 0.3) is 5.56 Å². The zero-order valence-corrected chi connectivity index (χ0v) is 10.9. The van der Waals surface area contributed by atoms with Crippen LogP contribution < -0.4 is 10.9 Å². The molecule has 2 N–H and O–H groups in total. The highest BCUT2D eigenvalue weighted by atomic mass is 79.9. The summed E-state index contributed by atoms with van der Waals surface area (Å²) >= 11 is 3.39. The Labute approximate surface area is 107 Å². The van der Waals surface area contributed by atoms with Gasteiger partial charge < -0.3 is 10.3 Å². The SMILES string of the molecule is CC(Nc1ncc[nH]c1=O)c1ccc(Br)cc1. The van der Waals surface area contributed by atoms with Crippen molar-refractivity contribution < 1.29 is 0 Å². The molecule has 5 heteroatoms. The standard InChI is InChI=1S/C12H12BrN3O/c1-8(9-2-4-10(13)5-3-9)16-11-12(17)15-7-6-14-11/h2-8H,1H3,(H,14,16)(H,15,17). The highest BCUT2D eigenvalue weighted by Gasteiger charge is 2.07. The van der Waals surface area contributed by atoms with Gasteiger partial charge in [0.2, 0.25) is 0 Å². The third-order valence-electron chi connectivity index (χ3n) is 2.43. The predicted molar refractivity (Wildman–Crippen MR) is 71.0 cm³/mol. The molecule has 2 rings (SSSR count). The third kappa shape index (κ3) is 2.94. The first kappa shape index (κ1) is 11.9. The Morgan fingerprint density at radius 1 is 1.35 bits per heavy atom. The number of aromatic nitrogens is 2. The maximum Gasteiger partial charge on any atom is 0.290 e. The molecule has 0 aliphatic carbocycles. The van der Waals surface area contributed by atoms with Gasteiger partial charge >= 0.3 is 0 Å². The molecule has 1 aromatic heterocycles. The fourth-order valence-corrected chi connectivity index (χ4v) is 1.76. The van der Waals surface area contributed by atoms with Gasteiger partial charge in [-0.15, -0.1) is 0 Å². The average molecular weight is 294 g/mol. The molecule has 1 unspecified atom stereocenters. The number of nitrogens with one attached hydrogen (secondary N) is 2. The van der Waals surface area contributed by atoms with Gasteiger partial charge in [-0.2, -0.15) is 0 Å². The van der Waals surface area contributed by atoms with E-state index >= 15 is 0 Å². The molecule has 1 atom stereocenters. The van der Waals surface area contributed by atoms with E-state index in [-0.39, 0.29) is 11.6 Å². The summed E-state index contributed by atoms with van der Waals surface area (Å²) in [6.45, 7) is 1.98. The minimum atomic E-state index is -0.212. The highest BCUT2D eigenvalue weighted by Crippen LogP contribution is 2.18. The van der Waals surface area contributed by atoms with Crippen LogP contribution in [0.15, 0.2) is 45.9 Å². The minimum absolute atomic E-state index is 0.0269. The van der Waals surface area contributed by atoms with Crippen molar-refractivity contribution in [3.63, 3.8) is 0 Å². The second-order valence-electron chi connectivity index (χ2n) is 3.68. The molecule has 88 valence electrons. The minimum Gasteiger partial charge on any atom is -0.359 e. The van der Waals surface area contributed by atoms with Crippen LogP contribution in [-0.4, -0.2) is 9.97 Å². The smallest absolute Gasteiger partial charge is 0.290 e. The molecule has 0 saturated carbocycles. The largest absolute Gasteiger partial charge is 0.359 e. The van der Waals surface area contributed by atoms with Crippen molar-refractivity contribution in [1.29, 1.82) is 0 Å². The number of rotatable bonds is 3. The Balaban J connectivity index is 2.17. The summed E-state index contributed by atoms with van der Waals surface area (Å²) in [5.41, 5.74) is 0.884. The van der Waals surface area contributed by atoms with Crippen LogP contribution in [0.3, 0.4) is 0 Å². The van der Waals surface area contributed by atoms with Crippen molar-refractivity contribution in [3.8, 4) is 0 Å². The van der Waals surface area contributed by atoms with Crippen LogP contribution >= 0.6 is 15.9 Å². The first-order chi connectivity index (χ1) is 8.16. The van der Waals surface area contributed by atoms with Crippen LogP contribution in [0.2, 0.25) is 0 Å². The molecule has 0 aliphatic rings. The molecule has 1 aromatic carbocycles. The monoisotopic (exact) mass is 293 g/mol. The van der Waals surface area contributed by atoms with Gasteiger partial charge in [0.15, 0.2) is 5.82 Å². The molecule has 0 fully saturated rings. The Kier molecular flexibility index (Phi) is 3.58. The number of hydrogen-bond donors (Lipinski definition) is 2. The maximum absolute atomic E-state index is 11.5. The van der Waals surface area contributed by atoms with E-state index in [2.05, 4.69) is 31.2 Å². The van der Waals surface area contributed by atoms with Gasteiger partial charge in [0.05, 0.1) is 6.04 Å². The van der Waals surface area contributed by atoms with Gasteiger partial charge in [0.1, 0.15) is 0 Å². The van der Waals surface area contributed by atoms with Crippen molar-refractivity contribution in [2.75, 3.05) is 5.32 Å². The maximum atomic E-state index is 11.5. The van der Waals surface area contributed by atoms with E-state index < -0.39 is 0 Å². The first-order valence-electron chi connectivity index (χ1n) is 5.22. The topological polar surface area (TPSA) is 57.8 Å². The van der Waals surface area contributed by atoms with Gasteiger partial charge in [-0.25, -0.2) is 4.98 Å². The summed E-state index contributed by atoms with van der Waals surface area (Å²) < 4.78 is 1.03. The molecule has 0 bridgehead atoms. The molecule has 2 aromatic rings. The summed E-state index contributed by atoms with van der Waals surface area (Å²) in [5.74, 6) is 0.336. The van der Waals surface area contributed by atoms with Gasteiger partial charge in [-0.3, -0.25) is 4.79 Å². The summed E-state index contributed by atoms with van der Waals surface area (Å²) in [4.78, 5) is 18.0. The predicted octanol–water partition coefficient (Wildman–Crippen LogP) is 2.71. The number of anilines is 1. The lowest BCUT2D eigenvalue weighted by atomic mass is 10.1. The number of H-pyrrole nitrogens is 1. The summed E-state index contributed by atoms with van der Waals surface area (Å²) in [6, 6.07) is 7.96. The fourth-order valence-electron chi connectivity index (χ4n) is 1.49. The van der Waals surface area contributed by atoms with Crippen molar-refractivity contribution in [2.24, 2.45) is 0 Å². The lowest BCUT2D eigenvalue weighted by molar-refractivity contribution is 0.866. The van der Waals surface area contributed by atoms with Gasteiger partial charge in [0, 0.05) is 16.9 Å². The van der Waals surface area contributed by atoms with Crippen molar-refractivity contribution >= 4 is 21.7 Å². The zero-order valence-electron chi connectivity index (χ0n) is 9.27. The summed E-state index contributed by atoms with van der Waals surface area (Å²) in [5, 5.41) is 3.08. The van der Waals surface area contributed by atoms with Crippen LogP contribution in [0.5, 0.6) is 0 Å². The average Bonchev–Trinajstić information content (AvgIpc) is 2.33. The zero-order chi connectivity index (χ0) is 12.3. The van der Waals surface area contributed by atoms with Crippen LogP contribution in [0.1, 0.15) is 18.5 Å². The van der Waals surface area contributed by atoms with E-state index in [4.69, 9.17) is 0 Å². The Hall–Kier alpha value is -1.62. The molecule has 1 heterocycles. The van der Waals surface area contributed by atoms with Crippen molar-refractivity contribution in [1.82, 2.24) is 9.97 Å².